The number of anilines is 1. The Morgan fingerprint density at radius 1 is 1.31 bits per heavy atom. The number of rotatable bonds is 6. The number of hydrogen-bond donors (Lipinski definition) is 1. The predicted octanol–water partition coefficient (Wildman–Crippen LogP) is 1.78. The SMILES string of the molecule is Cc1cccc(-n2c(SCC(=O)NC3CC3)nnc2N2CCOCC2)c1. The minimum Gasteiger partial charge on any atom is -0.378 e. The highest BCUT2D eigenvalue weighted by molar-refractivity contribution is 7.99. The van der Waals surface area contributed by atoms with Crippen LogP contribution in [-0.4, -0.2) is 58.8 Å². The number of amides is 1. The zero-order chi connectivity index (χ0) is 17.9. The summed E-state index contributed by atoms with van der Waals surface area (Å²) >= 11 is 1.43. The molecule has 1 saturated carbocycles. The van der Waals surface area contributed by atoms with Crippen molar-refractivity contribution >= 4 is 23.6 Å². The lowest BCUT2D eigenvalue weighted by atomic mass is 10.2. The fraction of sp³-hybridized carbons (Fsp3) is 0.500. The molecule has 0 atom stereocenters. The third kappa shape index (κ3) is 4.02. The van der Waals surface area contributed by atoms with Crippen LogP contribution in [0, 0.1) is 6.92 Å². The molecule has 1 amide bonds. The van der Waals surface area contributed by atoms with Gasteiger partial charge in [0.2, 0.25) is 11.9 Å². The molecule has 4 rings (SSSR count). The highest BCUT2D eigenvalue weighted by Gasteiger charge is 2.25. The number of nitrogens with one attached hydrogen (secondary N) is 1. The van der Waals surface area contributed by atoms with Crippen LogP contribution in [0.3, 0.4) is 0 Å². The maximum Gasteiger partial charge on any atom is 0.232 e. The summed E-state index contributed by atoms with van der Waals surface area (Å²) in [5, 5.41) is 12.6. The maximum atomic E-state index is 12.1. The topological polar surface area (TPSA) is 72.3 Å². The number of aromatic nitrogens is 3. The second-order valence-corrected chi connectivity index (χ2v) is 7.63. The van der Waals surface area contributed by atoms with Crippen LogP contribution in [0.5, 0.6) is 0 Å². The molecule has 1 N–H and O–H groups in total. The Bertz CT molecular complexity index is 784. The van der Waals surface area contributed by atoms with Crippen LogP contribution in [0.1, 0.15) is 18.4 Å². The molecule has 1 aromatic carbocycles. The van der Waals surface area contributed by atoms with Crippen LogP contribution in [0.15, 0.2) is 29.4 Å². The average Bonchev–Trinajstić information content (AvgIpc) is 3.36. The number of morpholine rings is 1. The molecule has 0 radical (unpaired) electrons. The summed E-state index contributed by atoms with van der Waals surface area (Å²) in [6, 6.07) is 8.64. The van der Waals surface area contributed by atoms with E-state index in [1.807, 2.05) is 10.6 Å². The van der Waals surface area contributed by atoms with Gasteiger partial charge < -0.3 is 15.0 Å². The summed E-state index contributed by atoms with van der Waals surface area (Å²) in [5.41, 5.74) is 2.19. The van der Waals surface area contributed by atoms with Crippen molar-refractivity contribution < 1.29 is 9.53 Å². The molecule has 2 aliphatic rings. The third-order valence-electron chi connectivity index (χ3n) is 4.44. The minimum atomic E-state index is 0.0595. The van der Waals surface area contributed by atoms with E-state index in [2.05, 4.69) is 45.5 Å². The zero-order valence-electron chi connectivity index (χ0n) is 14.9. The molecule has 0 spiro atoms. The molecule has 138 valence electrons. The lowest BCUT2D eigenvalue weighted by Crippen LogP contribution is -2.37. The number of ether oxygens (including phenoxy) is 1. The van der Waals surface area contributed by atoms with E-state index < -0.39 is 0 Å². The zero-order valence-corrected chi connectivity index (χ0v) is 15.7. The average molecular weight is 373 g/mol. The van der Waals surface area contributed by atoms with Gasteiger partial charge in [0.05, 0.1) is 24.7 Å². The number of hydrogen-bond acceptors (Lipinski definition) is 6. The number of carbonyl (C=O) groups excluding carboxylic acids is 1. The summed E-state index contributed by atoms with van der Waals surface area (Å²) in [7, 11) is 0. The summed E-state index contributed by atoms with van der Waals surface area (Å²) in [4.78, 5) is 14.2. The number of benzene rings is 1. The molecule has 0 bridgehead atoms. The van der Waals surface area contributed by atoms with Gasteiger partial charge in [-0.2, -0.15) is 0 Å². The third-order valence-corrected chi connectivity index (χ3v) is 5.37. The molecule has 1 aromatic heterocycles. The van der Waals surface area contributed by atoms with Crippen molar-refractivity contribution in [2.75, 3.05) is 37.0 Å². The molecule has 1 aliphatic carbocycles. The van der Waals surface area contributed by atoms with Gasteiger partial charge in [-0.3, -0.25) is 9.36 Å². The maximum absolute atomic E-state index is 12.1. The van der Waals surface area contributed by atoms with Crippen molar-refractivity contribution in [3.63, 3.8) is 0 Å². The van der Waals surface area contributed by atoms with Gasteiger partial charge in [0.15, 0.2) is 5.16 Å². The number of thioether (sulfide) groups is 1. The molecule has 1 saturated heterocycles. The van der Waals surface area contributed by atoms with Gasteiger partial charge in [-0.15, -0.1) is 10.2 Å². The molecule has 26 heavy (non-hydrogen) atoms. The highest BCUT2D eigenvalue weighted by Crippen LogP contribution is 2.28. The fourth-order valence-electron chi connectivity index (χ4n) is 2.94. The largest absolute Gasteiger partial charge is 0.378 e. The van der Waals surface area contributed by atoms with Crippen molar-refractivity contribution in [1.29, 1.82) is 0 Å². The quantitative estimate of drug-likeness (QED) is 0.779. The molecule has 2 heterocycles. The van der Waals surface area contributed by atoms with Crippen molar-refractivity contribution in [3.8, 4) is 5.69 Å². The monoisotopic (exact) mass is 373 g/mol. The molecule has 8 heteroatoms. The first-order valence-corrected chi connectivity index (χ1v) is 9.96. The van der Waals surface area contributed by atoms with Gasteiger partial charge in [0, 0.05) is 19.1 Å². The Morgan fingerprint density at radius 2 is 2.12 bits per heavy atom. The van der Waals surface area contributed by atoms with Crippen LogP contribution >= 0.6 is 11.8 Å². The van der Waals surface area contributed by atoms with E-state index in [1.165, 1.54) is 17.3 Å². The van der Waals surface area contributed by atoms with E-state index in [-0.39, 0.29) is 5.91 Å². The van der Waals surface area contributed by atoms with E-state index in [0.717, 1.165) is 42.7 Å². The van der Waals surface area contributed by atoms with Gasteiger partial charge >= 0.3 is 0 Å². The van der Waals surface area contributed by atoms with Gasteiger partial charge in [-0.1, -0.05) is 23.9 Å². The van der Waals surface area contributed by atoms with Gasteiger partial charge in [0.1, 0.15) is 0 Å². The van der Waals surface area contributed by atoms with Crippen LogP contribution in [0.4, 0.5) is 5.95 Å². The van der Waals surface area contributed by atoms with Crippen LogP contribution in [0.25, 0.3) is 5.69 Å². The van der Waals surface area contributed by atoms with Crippen molar-refractivity contribution in [2.45, 2.75) is 31.0 Å². The molecule has 1 aliphatic heterocycles. The normalized spacial score (nSPS) is 17.3. The van der Waals surface area contributed by atoms with Crippen molar-refractivity contribution in [1.82, 2.24) is 20.1 Å². The first-order chi connectivity index (χ1) is 12.7. The number of aryl methyl sites for hydroxylation is 1. The molecule has 2 aromatic rings. The summed E-state index contributed by atoms with van der Waals surface area (Å²) < 4.78 is 7.51. The van der Waals surface area contributed by atoms with Crippen molar-refractivity contribution in [3.05, 3.63) is 29.8 Å². The van der Waals surface area contributed by atoms with Crippen LogP contribution in [-0.2, 0) is 9.53 Å². The second kappa shape index (κ2) is 7.67. The van der Waals surface area contributed by atoms with E-state index in [1.54, 1.807) is 0 Å². The summed E-state index contributed by atoms with van der Waals surface area (Å²) in [6.07, 6.45) is 2.19. The summed E-state index contributed by atoms with van der Waals surface area (Å²) in [5.74, 6) is 1.22. The number of nitrogens with zero attached hydrogens (tertiary/aromatic N) is 4. The van der Waals surface area contributed by atoms with E-state index >= 15 is 0 Å². The van der Waals surface area contributed by atoms with E-state index in [9.17, 15) is 4.79 Å². The Hall–Kier alpha value is -2.06. The molecule has 7 nitrogen and oxygen atoms in total. The first-order valence-electron chi connectivity index (χ1n) is 8.98. The van der Waals surface area contributed by atoms with Crippen molar-refractivity contribution in [2.24, 2.45) is 0 Å². The predicted molar refractivity (Wildman–Crippen MR) is 101 cm³/mol. The Kier molecular flexibility index (Phi) is 5.12. The molecule has 2 fully saturated rings. The van der Waals surface area contributed by atoms with Gasteiger partial charge in [-0.05, 0) is 37.5 Å². The minimum absolute atomic E-state index is 0.0595. The fourth-order valence-corrected chi connectivity index (χ4v) is 3.70. The summed E-state index contributed by atoms with van der Waals surface area (Å²) in [6.45, 7) is 5.02. The Balaban J connectivity index is 1.59. The van der Waals surface area contributed by atoms with E-state index in [0.29, 0.717) is 25.0 Å². The lowest BCUT2D eigenvalue weighted by molar-refractivity contribution is -0.118. The van der Waals surface area contributed by atoms with Gasteiger partial charge in [-0.25, -0.2) is 0 Å². The second-order valence-electron chi connectivity index (χ2n) is 6.69. The Labute approximate surface area is 157 Å². The van der Waals surface area contributed by atoms with E-state index in [4.69, 9.17) is 4.74 Å². The standard InChI is InChI=1S/C18H23N5O2S/c1-13-3-2-4-15(11-13)23-17(22-7-9-25-10-8-22)20-21-18(23)26-12-16(24)19-14-5-6-14/h2-4,11,14H,5-10,12H2,1H3,(H,19,24). The first kappa shape index (κ1) is 17.4. The molecular formula is C18H23N5O2S. The highest BCUT2D eigenvalue weighted by atomic mass is 32.2. The molecular weight excluding hydrogens is 350 g/mol. The van der Waals surface area contributed by atoms with Crippen LogP contribution in [0.2, 0.25) is 0 Å². The smallest absolute Gasteiger partial charge is 0.232 e. The van der Waals surface area contributed by atoms with Crippen LogP contribution < -0.4 is 10.2 Å². The lowest BCUT2D eigenvalue weighted by Gasteiger charge is -2.28. The van der Waals surface area contributed by atoms with Gasteiger partial charge in [0.25, 0.3) is 0 Å². The number of carbonyl (C=O) groups is 1. The molecule has 0 unspecified atom stereocenters. The Morgan fingerprint density at radius 3 is 2.85 bits per heavy atom.